The van der Waals surface area contributed by atoms with E-state index >= 15 is 0 Å². The van der Waals surface area contributed by atoms with Gasteiger partial charge in [-0.05, 0) is 13.8 Å². The SMILES string of the molecule is C#CC(C)(C)NCc1c(OC)ncnc1OC. The summed E-state index contributed by atoms with van der Waals surface area (Å²) in [6.45, 7) is 4.30. The number of nitrogens with zero attached hydrogens (tertiary/aromatic N) is 2. The summed E-state index contributed by atoms with van der Waals surface area (Å²) in [5, 5.41) is 3.20. The average Bonchev–Trinajstić information content (AvgIpc) is 2.35. The highest BCUT2D eigenvalue weighted by Gasteiger charge is 2.17. The molecule has 0 atom stereocenters. The number of nitrogens with one attached hydrogen (secondary N) is 1. The molecule has 1 aromatic heterocycles. The molecule has 0 saturated heterocycles. The van der Waals surface area contributed by atoms with Crippen LogP contribution in [-0.2, 0) is 6.54 Å². The Labute approximate surface area is 102 Å². The van der Waals surface area contributed by atoms with Gasteiger partial charge < -0.3 is 9.47 Å². The fourth-order valence-corrected chi connectivity index (χ4v) is 1.24. The van der Waals surface area contributed by atoms with E-state index in [4.69, 9.17) is 15.9 Å². The van der Waals surface area contributed by atoms with E-state index in [9.17, 15) is 0 Å². The summed E-state index contributed by atoms with van der Waals surface area (Å²) in [5.41, 5.74) is 0.340. The molecule has 0 aliphatic rings. The van der Waals surface area contributed by atoms with E-state index in [1.54, 1.807) is 14.2 Å². The van der Waals surface area contributed by atoms with Crippen molar-refractivity contribution in [1.29, 1.82) is 0 Å². The Morgan fingerprint density at radius 2 is 1.82 bits per heavy atom. The number of methoxy groups -OCH3 is 2. The molecule has 0 saturated carbocycles. The predicted octanol–water partition coefficient (Wildman–Crippen LogP) is 0.995. The molecule has 0 spiro atoms. The van der Waals surface area contributed by atoms with Gasteiger partial charge in [0.25, 0.3) is 0 Å². The molecule has 0 fully saturated rings. The molecule has 0 aliphatic heterocycles. The maximum atomic E-state index is 5.41. The maximum Gasteiger partial charge on any atom is 0.224 e. The van der Waals surface area contributed by atoms with Crippen LogP contribution in [0.25, 0.3) is 0 Å². The second-order valence-corrected chi connectivity index (χ2v) is 3.99. The van der Waals surface area contributed by atoms with E-state index in [1.807, 2.05) is 13.8 Å². The highest BCUT2D eigenvalue weighted by Crippen LogP contribution is 2.23. The van der Waals surface area contributed by atoms with Crippen molar-refractivity contribution in [2.24, 2.45) is 0 Å². The van der Waals surface area contributed by atoms with Gasteiger partial charge in [-0.3, -0.25) is 5.32 Å². The summed E-state index contributed by atoms with van der Waals surface area (Å²) in [4.78, 5) is 8.05. The quantitative estimate of drug-likeness (QED) is 0.771. The molecular weight excluding hydrogens is 218 g/mol. The van der Waals surface area contributed by atoms with Crippen LogP contribution >= 0.6 is 0 Å². The molecule has 0 unspecified atom stereocenters. The second kappa shape index (κ2) is 5.51. The molecule has 0 aliphatic carbocycles. The highest BCUT2D eigenvalue weighted by atomic mass is 16.5. The summed E-state index contributed by atoms with van der Waals surface area (Å²) in [5.74, 6) is 3.62. The van der Waals surface area contributed by atoms with Gasteiger partial charge >= 0.3 is 0 Å². The predicted molar refractivity (Wildman–Crippen MR) is 64.9 cm³/mol. The van der Waals surface area contributed by atoms with Crippen LogP contribution < -0.4 is 14.8 Å². The van der Waals surface area contributed by atoms with Gasteiger partial charge in [0.15, 0.2) is 0 Å². The molecule has 0 radical (unpaired) electrons. The number of terminal acetylenes is 1. The van der Waals surface area contributed by atoms with Gasteiger partial charge in [0.2, 0.25) is 11.8 Å². The van der Waals surface area contributed by atoms with Crippen LogP contribution in [0.4, 0.5) is 0 Å². The van der Waals surface area contributed by atoms with Gasteiger partial charge in [-0.15, -0.1) is 6.42 Å². The Hall–Kier alpha value is -1.80. The third-order valence-corrected chi connectivity index (χ3v) is 2.32. The van der Waals surface area contributed by atoms with Gasteiger partial charge in [-0.1, -0.05) is 5.92 Å². The molecule has 1 heterocycles. The van der Waals surface area contributed by atoms with Crippen molar-refractivity contribution in [3.05, 3.63) is 11.9 Å². The van der Waals surface area contributed by atoms with Crippen molar-refractivity contribution >= 4 is 0 Å². The molecule has 1 N–H and O–H groups in total. The lowest BCUT2D eigenvalue weighted by Crippen LogP contribution is -2.37. The highest BCUT2D eigenvalue weighted by molar-refractivity contribution is 5.34. The Balaban J connectivity index is 2.93. The molecular formula is C12H17N3O2. The zero-order valence-electron chi connectivity index (χ0n) is 10.6. The number of hydrogen-bond acceptors (Lipinski definition) is 5. The van der Waals surface area contributed by atoms with Crippen molar-refractivity contribution < 1.29 is 9.47 Å². The Morgan fingerprint density at radius 1 is 1.29 bits per heavy atom. The normalized spacial score (nSPS) is 10.8. The molecule has 92 valence electrons. The maximum absolute atomic E-state index is 5.41. The topological polar surface area (TPSA) is 56.3 Å². The molecule has 5 nitrogen and oxygen atoms in total. The Bertz CT molecular complexity index is 402. The van der Waals surface area contributed by atoms with Crippen molar-refractivity contribution in [1.82, 2.24) is 15.3 Å². The van der Waals surface area contributed by atoms with Crippen LogP contribution in [0.1, 0.15) is 19.4 Å². The van der Waals surface area contributed by atoms with E-state index < -0.39 is 5.54 Å². The first-order chi connectivity index (χ1) is 8.04. The molecule has 1 aromatic rings. The number of hydrogen-bond donors (Lipinski definition) is 1. The van der Waals surface area contributed by atoms with E-state index in [-0.39, 0.29) is 0 Å². The first-order valence-corrected chi connectivity index (χ1v) is 5.18. The third kappa shape index (κ3) is 3.33. The zero-order chi connectivity index (χ0) is 12.9. The molecule has 17 heavy (non-hydrogen) atoms. The van der Waals surface area contributed by atoms with E-state index in [0.29, 0.717) is 18.3 Å². The minimum Gasteiger partial charge on any atom is -0.481 e. The molecule has 0 amide bonds. The standard InChI is InChI=1S/C12H17N3O2/c1-6-12(2,3)15-7-9-10(16-4)13-8-14-11(9)17-5/h1,8,15H,7H2,2-5H3. The summed E-state index contributed by atoms with van der Waals surface area (Å²) in [6.07, 6.45) is 6.80. The van der Waals surface area contributed by atoms with Gasteiger partial charge in [0.1, 0.15) is 6.33 Å². The molecule has 0 bridgehead atoms. The number of aromatic nitrogens is 2. The van der Waals surface area contributed by atoms with Crippen molar-refractivity contribution in [2.45, 2.75) is 25.9 Å². The van der Waals surface area contributed by atoms with Gasteiger partial charge in [-0.2, -0.15) is 0 Å². The summed E-state index contributed by atoms with van der Waals surface area (Å²) >= 11 is 0. The number of ether oxygens (including phenoxy) is 2. The van der Waals surface area contributed by atoms with Crippen LogP contribution in [0.5, 0.6) is 11.8 Å². The summed E-state index contributed by atoms with van der Waals surface area (Å²) in [7, 11) is 3.11. The lowest BCUT2D eigenvalue weighted by Gasteiger charge is -2.20. The molecule has 0 aromatic carbocycles. The average molecular weight is 235 g/mol. The van der Waals surface area contributed by atoms with E-state index in [2.05, 4.69) is 21.2 Å². The number of rotatable bonds is 5. The van der Waals surface area contributed by atoms with Gasteiger partial charge in [0.05, 0.1) is 25.3 Å². The smallest absolute Gasteiger partial charge is 0.224 e. The second-order valence-electron chi connectivity index (χ2n) is 3.99. The van der Waals surface area contributed by atoms with Crippen molar-refractivity contribution in [3.8, 4) is 24.1 Å². The fraction of sp³-hybridized carbons (Fsp3) is 0.500. The molecule has 5 heteroatoms. The summed E-state index contributed by atoms with van der Waals surface area (Å²) < 4.78 is 10.3. The first-order valence-electron chi connectivity index (χ1n) is 5.18. The zero-order valence-corrected chi connectivity index (χ0v) is 10.6. The van der Waals surface area contributed by atoms with E-state index in [0.717, 1.165) is 5.56 Å². The fourth-order valence-electron chi connectivity index (χ4n) is 1.24. The van der Waals surface area contributed by atoms with Gasteiger partial charge in [-0.25, -0.2) is 9.97 Å². The first kappa shape index (κ1) is 13.3. The van der Waals surface area contributed by atoms with Crippen molar-refractivity contribution in [2.75, 3.05) is 14.2 Å². The van der Waals surface area contributed by atoms with Gasteiger partial charge in [0, 0.05) is 6.54 Å². The Kier molecular flexibility index (Phi) is 4.30. The lowest BCUT2D eigenvalue weighted by atomic mass is 10.1. The summed E-state index contributed by atoms with van der Waals surface area (Å²) in [6, 6.07) is 0. The van der Waals surface area contributed by atoms with Crippen molar-refractivity contribution in [3.63, 3.8) is 0 Å². The minimum atomic E-state index is -0.411. The van der Waals surface area contributed by atoms with Crippen LogP contribution in [-0.4, -0.2) is 29.7 Å². The Morgan fingerprint density at radius 3 is 2.24 bits per heavy atom. The minimum absolute atomic E-state index is 0.411. The van der Waals surface area contributed by atoms with Crippen LogP contribution in [0, 0.1) is 12.3 Å². The van der Waals surface area contributed by atoms with Crippen LogP contribution in [0.15, 0.2) is 6.33 Å². The largest absolute Gasteiger partial charge is 0.481 e. The van der Waals surface area contributed by atoms with Crippen LogP contribution in [0.3, 0.4) is 0 Å². The lowest BCUT2D eigenvalue weighted by molar-refractivity contribution is 0.354. The van der Waals surface area contributed by atoms with Crippen LogP contribution in [0.2, 0.25) is 0 Å². The molecule has 1 rings (SSSR count). The van der Waals surface area contributed by atoms with E-state index in [1.165, 1.54) is 6.33 Å². The third-order valence-electron chi connectivity index (χ3n) is 2.32. The monoisotopic (exact) mass is 235 g/mol.